The van der Waals surface area contributed by atoms with Crippen molar-refractivity contribution in [3.63, 3.8) is 0 Å². The van der Waals surface area contributed by atoms with Gasteiger partial charge in [-0.25, -0.2) is 4.98 Å². The fourth-order valence-corrected chi connectivity index (χ4v) is 4.82. The molecule has 0 bridgehead atoms. The van der Waals surface area contributed by atoms with Crippen molar-refractivity contribution in [2.24, 2.45) is 0 Å². The maximum absolute atomic E-state index is 13.6. The zero-order valence-electron chi connectivity index (χ0n) is 21.4. The van der Waals surface area contributed by atoms with Crippen LogP contribution in [0.25, 0.3) is 16.8 Å². The van der Waals surface area contributed by atoms with Crippen LogP contribution < -0.4 is 23.8 Å². The molecule has 1 amide bonds. The van der Waals surface area contributed by atoms with Gasteiger partial charge in [-0.2, -0.15) is 0 Å². The van der Waals surface area contributed by atoms with E-state index in [1.165, 1.54) is 38.4 Å². The molecule has 4 aromatic rings. The van der Waals surface area contributed by atoms with E-state index in [1.54, 1.807) is 49.6 Å². The van der Waals surface area contributed by atoms with Gasteiger partial charge in [0.15, 0.2) is 0 Å². The average Bonchev–Trinajstić information content (AvgIpc) is 3.49. The van der Waals surface area contributed by atoms with Gasteiger partial charge in [0.1, 0.15) is 28.8 Å². The molecule has 3 aromatic carbocycles. The first-order chi connectivity index (χ1) is 18.8. The molecule has 0 saturated carbocycles. The molecular formula is C28H24ClN3O7. The molecule has 1 aromatic heterocycles. The first-order valence-electron chi connectivity index (χ1n) is 11.7. The number of ether oxygens (including phenoxy) is 4. The van der Waals surface area contributed by atoms with Crippen LogP contribution >= 0.6 is 11.6 Å². The maximum Gasteiger partial charge on any atom is 0.302 e. The van der Waals surface area contributed by atoms with Crippen molar-refractivity contribution in [3.05, 3.63) is 76.3 Å². The Balaban J connectivity index is 1.76. The number of Topliss-reactive ketones (excluding diaryl/α,β-unsaturated/α-hetero) is 1. The first kappa shape index (κ1) is 25.9. The Bertz CT molecular complexity index is 1650. The second-order valence-electron chi connectivity index (χ2n) is 8.58. The highest BCUT2D eigenvalue weighted by Gasteiger charge is 2.48. The average molecular weight is 550 g/mol. The number of hydrogen-bond acceptors (Lipinski definition) is 8. The van der Waals surface area contributed by atoms with Crippen molar-refractivity contribution < 1.29 is 33.6 Å². The monoisotopic (exact) mass is 549 g/mol. The Morgan fingerprint density at radius 3 is 2.33 bits per heavy atom. The summed E-state index contributed by atoms with van der Waals surface area (Å²) in [6, 6.07) is 13.9. The van der Waals surface area contributed by atoms with Crippen LogP contribution in [0.4, 0.5) is 5.95 Å². The molecule has 1 aliphatic heterocycles. The number of aromatic nitrogens is 2. The standard InChI is InChI=1S/C28H24ClN3O7/c1-36-15-7-5-6-14(10-15)24-23(25(33)17-12-22(39-4)18(29)13-21(17)38-3)26(34)27(35)32(24)28-30-19-9-8-16(37-2)11-20(19)31-28/h5-13,24,33H,1-4H3,(H,30,31)/b25-23+. The van der Waals surface area contributed by atoms with Gasteiger partial charge < -0.3 is 29.0 Å². The molecule has 1 saturated heterocycles. The molecule has 2 N–H and O–H groups in total. The molecule has 1 atom stereocenters. The van der Waals surface area contributed by atoms with Gasteiger partial charge in [-0.05, 0) is 35.9 Å². The van der Waals surface area contributed by atoms with E-state index in [1.807, 2.05) is 0 Å². The van der Waals surface area contributed by atoms with E-state index < -0.39 is 23.5 Å². The van der Waals surface area contributed by atoms with E-state index in [0.717, 1.165) is 0 Å². The van der Waals surface area contributed by atoms with Crippen molar-refractivity contribution in [3.8, 4) is 23.0 Å². The molecule has 39 heavy (non-hydrogen) atoms. The second kappa shape index (κ2) is 10.2. The number of methoxy groups -OCH3 is 4. The Kier molecular flexibility index (Phi) is 6.80. The maximum atomic E-state index is 13.6. The lowest BCUT2D eigenvalue weighted by atomic mass is 9.95. The number of imidazole rings is 1. The lowest BCUT2D eigenvalue weighted by Crippen LogP contribution is -2.30. The Morgan fingerprint density at radius 1 is 0.923 bits per heavy atom. The van der Waals surface area contributed by atoms with Crippen LogP contribution in [0.3, 0.4) is 0 Å². The van der Waals surface area contributed by atoms with Crippen molar-refractivity contribution in [1.82, 2.24) is 9.97 Å². The zero-order chi connectivity index (χ0) is 27.8. The van der Waals surface area contributed by atoms with Crippen molar-refractivity contribution >= 4 is 46.0 Å². The summed E-state index contributed by atoms with van der Waals surface area (Å²) in [6.07, 6.45) is 0. The number of nitrogens with zero attached hydrogens (tertiary/aromatic N) is 2. The number of aliphatic hydroxyl groups excluding tert-OH is 1. The number of fused-ring (bicyclic) bond motifs is 1. The molecule has 1 aliphatic rings. The molecule has 1 fully saturated rings. The number of aromatic amines is 1. The Labute approximate surface area is 228 Å². The van der Waals surface area contributed by atoms with Crippen LogP contribution in [0, 0.1) is 0 Å². The van der Waals surface area contributed by atoms with Gasteiger partial charge in [-0.15, -0.1) is 0 Å². The van der Waals surface area contributed by atoms with E-state index in [0.29, 0.717) is 28.1 Å². The summed E-state index contributed by atoms with van der Waals surface area (Å²) in [7, 11) is 5.87. The van der Waals surface area contributed by atoms with E-state index in [2.05, 4.69) is 9.97 Å². The number of aliphatic hydroxyl groups is 1. The molecule has 0 spiro atoms. The molecule has 0 aliphatic carbocycles. The number of H-pyrrole nitrogens is 1. The molecule has 10 nitrogen and oxygen atoms in total. The minimum atomic E-state index is -1.06. The van der Waals surface area contributed by atoms with E-state index in [4.69, 9.17) is 30.5 Å². The summed E-state index contributed by atoms with van der Waals surface area (Å²) in [5, 5.41) is 11.8. The number of rotatable bonds is 7. The molecule has 2 heterocycles. The van der Waals surface area contributed by atoms with Gasteiger partial charge in [0, 0.05) is 12.1 Å². The summed E-state index contributed by atoms with van der Waals surface area (Å²) >= 11 is 6.25. The smallest absolute Gasteiger partial charge is 0.302 e. The summed E-state index contributed by atoms with van der Waals surface area (Å²) < 4.78 is 21.4. The predicted molar refractivity (Wildman–Crippen MR) is 145 cm³/mol. The molecule has 200 valence electrons. The summed E-state index contributed by atoms with van der Waals surface area (Å²) in [6.45, 7) is 0. The van der Waals surface area contributed by atoms with E-state index in [-0.39, 0.29) is 33.6 Å². The third-order valence-corrected chi connectivity index (χ3v) is 6.78. The Hall–Kier alpha value is -4.70. The lowest BCUT2D eigenvalue weighted by Gasteiger charge is -2.23. The van der Waals surface area contributed by atoms with Crippen LogP contribution in [-0.4, -0.2) is 55.2 Å². The fourth-order valence-electron chi connectivity index (χ4n) is 4.58. The number of nitrogens with one attached hydrogen (secondary N) is 1. The number of carbonyl (C=O) groups is 2. The zero-order valence-corrected chi connectivity index (χ0v) is 22.2. The van der Waals surface area contributed by atoms with Crippen LogP contribution in [0.5, 0.6) is 23.0 Å². The van der Waals surface area contributed by atoms with Crippen LogP contribution in [-0.2, 0) is 9.59 Å². The van der Waals surface area contributed by atoms with Gasteiger partial charge in [0.2, 0.25) is 5.95 Å². The predicted octanol–water partition coefficient (Wildman–Crippen LogP) is 4.88. The molecule has 11 heteroatoms. The summed E-state index contributed by atoms with van der Waals surface area (Å²) in [5.74, 6) is -0.612. The molecule has 5 rings (SSSR count). The summed E-state index contributed by atoms with van der Waals surface area (Å²) in [4.78, 5) is 36.0. The quantitative estimate of drug-likeness (QED) is 0.190. The molecular weight excluding hydrogens is 526 g/mol. The minimum Gasteiger partial charge on any atom is -0.507 e. The lowest BCUT2D eigenvalue weighted by molar-refractivity contribution is -0.132. The highest BCUT2D eigenvalue weighted by molar-refractivity contribution is 6.51. The van der Waals surface area contributed by atoms with Crippen LogP contribution in [0.15, 0.2) is 60.2 Å². The fraction of sp³-hybridized carbons (Fsp3) is 0.179. The van der Waals surface area contributed by atoms with Gasteiger partial charge >= 0.3 is 5.91 Å². The van der Waals surface area contributed by atoms with Gasteiger partial charge in [0.25, 0.3) is 5.78 Å². The number of carbonyl (C=O) groups excluding carboxylic acids is 2. The van der Waals surface area contributed by atoms with E-state index >= 15 is 0 Å². The van der Waals surface area contributed by atoms with Crippen molar-refractivity contribution in [1.29, 1.82) is 0 Å². The largest absolute Gasteiger partial charge is 0.507 e. The summed E-state index contributed by atoms with van der Waals surface area (Å²) in [5.41, 5.74) is 1.61. The number of anilines is 1. The van der Waals surface area contributed by atoms with Crippen molar-refractivity contribution in [2.75, 3.05) is 33.3 Å². The SMILES string of the molecule is COc1cccc(C2/C(=C(\O)c3cc(OC)c(Cl)cc3OC)C(=O)C(=O)N2c2nc3ccc(OC)cc3[nH]2)c1. The second-order valence-corrected chi connectivity index (χ2v) is 8.98. The molecule has 0 radical (unpaired) electrons. The molecule has 1 unspecified atom stereocenters. The number of amides is 1. The van der Waals surface area contributed by atoms with Crippen molar-refractivity contribution in [2.45, 2.75) is 6.04 Å². The number of hydrogen-bond donors (Lipinski definition) is 2. The number of halogens is 1. The minimum absolute atomic E-state index is 0.118. The van der Waals surface area contributed by atoms with Gasteiger partial charge in [-0.1, -0.05) is 23.7 Å². The third-order valence-electron chi connectivity index (χ3n) is 6.49. The first-order valence-corrected chi connectivity index (χ1v) is 12.1. The Morgan fingerprint density at radius 2 is 1.64 bits per heavy atom. The number of benzene rings is 3. The highest BCUT2D eigenvalue weighted by Crippen LogP contribution is 2.45. The third kappa shape index (κ3) is 4.38. The van der Waals surface area contributed by atoms with Crippen LogP contribution in [0.1, 0.15) is 17.2 Å². The van der Waals surface area contributed by atoms with Gasteiger partial charge in [0.05, 0.1) is 61.7 Å². The van der Waals surface area contributed by atoms with Gasteiger partial charge in [-0.3, -0.25) is 14.5 Å². The normalized spacial score (nSPS) is 16.5. The van der Waals surface area contributed by atoms with E-state index in [9.17, 15) is 14.7 Å². The topological polar surface area (TPSA) is 123 Å². The van der Waals surface area contributed by atoms with Crippen LogP contribution in [0.2, 0.25) is 5.02 Å². The highest BCUT2D eigenvalue weighted by atomic mass is 35.5. The number of ketones is 1.